The third-order valence-corrected chi connectivity index (χ3v) is 3.65. The van der Waals surface area contributed by atoms with Crippen molar-refractivity contribution in [3.05, 3.63) is 12.2 Å². The van der Waals surface area contributed by atoms with E-state index in [4.69, 9.17) is 5.73 Å². The van der Waals surface area contributed by atoms with E-state index in [0.29, 0.717) is 0 Å². The van der Waals surface area contributed by atoms with E-state index >= 15 is 0 Å². The molecular weight excluding hydrogens is 316 g/mol. The zero-order valence-corrected chi connectivity index (χ0v) is 13.9. The predicted octanol–water partition coefficient (Wildman–Crippen LogP) is -2.49. The van der Waals surface area contributed by atoms with Crippen LogP contribution in [0.25, 0.3) is 0 Å². The monoisotopic (exact) mass is 342 g/mol. The number of nitrogens with two attached hydrogens (primary N) is 1. The van der Waals surface area contributed by atoms with Gasteiger partial charge < -0.3 is 31.9 Å². The standard InChI is InChI=1S/C15H26N4O5/c1-8-3-4-12(22)17-6-5-10(21)7-11(14(23)18-8)19-15(24)13(16)9(2)20/h3-4,8-11,13,20-21H,5-7,16H2,1-2H3,(H,17,22)(H,18,23)(H,19,24)/b4-3-/t8-,9+,10-,11-,13-/m0/s1. The molecule has 0 radical (unpaired) electrons. The van der Waals surface area contributed by atoms with Crippen molar-refractivity contribution >= 4 is 17.7 Å². The first-order valence-electron chi connectivity index (χ1n) is 7.89. The quantitative estimate of drug-likeness (QED) is 0.333. The van der Waals surface area contributed by atoms with Gasteiger partial charge in [-0.3, -0.25) is 14.4 Å². The second kappa shape index (κ2) is 9.36. The Morgan fingerprint density at radius 1 is 1.46 bits per heavy atom. The van der Waals surface area contributed by atoms with Crippen LogP contribution in [0, 0.1) is 0 Å². The second-order valence-corrected chi connectivity index (χ2v) is 5.95. The molecule has 0 bridgehead atoms. The Bertz CT molecular complexity index is 494. The van der Waals surface area contributed by atoms with Gasteiger partial charge in [0, 0.05) is 25.1 Å². The molecule has 24 heavy (non-hydrogen) atoms. The predicted molar refractivity (Wildman–Crippen MR) is 86.6 cm³/mol. The van der Waals surface area contributed by atoms with Crippen molar-refractivity contribution in [3.8, 4) is 0 Å². The highest BCUT2D eigenvalue weighted by Gasteiger charge is 2.28. The summed E-state index contributed by atoms with van der Waals surface area (Å²) in [6.07, 6.45) is 1.05. The van der Waals surface area contributed by atoms with Gasteiger partial charge >= 0.3 is 0 Å². The molecule has 0 spiro atoms. The van der Waals surface area contributed by atoms with Crippen LogP contribution in [0.15, 0.2) is 12.2 Å². The van der Waals surface area contributed by atoms with Gasteiger partial charge in [0.2, 0.25) is 17.7 Å². The minimum Gasteiger partial charge on any atom is -0.393 e. The summed E-state index contributed by atoms with van der Waals surface area (Å²) < 4.78 is 0. The SMILES string of the molecule is C[C@H]1/C=C\C(=O)NCC[C@H](O)C[C@H](NC(=O)[C@@H](N)[C@@H](C)O)C(=O)N1. The van der Waals surface area contributed by atoms with E-state index in [1.54, 1.807) is 6.92 Å². The van der Waals surface area contributed by atoms with Crippen molar-refractivity contribution in [2.45, 2.75) is 57.0 Å². The van der Waals surface area contributed by atoms with Gasteiger partial charge in [-0.2, -0.15) is 0 Å². The summed E-state index contributed by atoms with van der Waals surface area (Å²) >= 11 is 0. The minimum atomic E-state index is -1.17. The van der Waals surface area contributed by atoms with Crippen LogP contribution >= 0.6 is 0 Å². The molecule has 9 nitrogen and oxygen atoms in total. The fourth-order valence-corrected chi connectivity index (χ4v) is 2.13. The van der Waals surface area contributed by atoms with Crippen molar-refractivity contribution in [2.75, 3.05) is 6.54 Å². The fraction of sp³-hybridized carbons (Fsp3) is 0.667. The van der Waals surface area contributed by atoms with Crippen molar-refractivity contribution in [3.63, 3.8) is 0 Å². The normalized spacial score (nSPS) is 30.0. The molecule has 0 fully saturated rings. The van der Waals surface area contributed by atoms with Crippen LogP contribution in [-0.4, -0.2) is 64.8 Å². The van der Waals surface area contributed by atoms with Crippen LogP contribution in [-0.2, 0) is 14.4 Å². The number of hydrogen-bond donors (Lipinski definition) is 6. The summed E-state index contributed by atoms with van der Waals surface area (Å²) in [6.45, 7) is 3.29. The number of hydrogen-bond acceptors (Lipinski definition) is 6. The number of carbonyl (C=O) groups excluding carboxylic acids is 3. The van der Waals surface area contributed by atoms with Crippen LogP contribution in [0.3, 0.4) is 0 Å². The summed E-state index contributed by atoms with van der Waals surface area (Å²) in [5.41, 5.74) is 5.56. The van der Waals surface area contributed by atoms with E-state index in [2.05, 4.69) is 16.0 Å². The van der Waals surface area contributed by atoms with Gasteiger partial charge in [0.25, 0.3) is 0 Å². The van der Waals surface area contributed by atoms with Gasteiger partial charge in [0.15, 0.2) is 0 Å². The van der Waals surface area contributed by atoms with E-state index in [0.717, 1.165) is 0 Å². The average molecular weight is 342 g/mol. The summed E-state index contributed by atoms with van der Waals surface area (Å²) in [4.78, 5) is 35.8. The van der Waals surface area contributed by atoms with Crippen LogP contribution in [0.5, 0.6) is 0 Å². The summed E-state index contributed by atoms with van der Waals surface area (Å²) in [5.74, 6) is -1.49. The van der Waals surface area contributed by atoms with E-state index in [1.165, 1.54) is 19.1 Å². The molecule has 0 aromatic heterocycles. The lowest BCUT2D eigenvalue weighted by Gasteiger charge is -2.25. The lowest BCUT2D eigenvalue weighted by Crippen LogP contribution is -2.56. The summed E-state index contributed by atoms with van der Waals surface area (Å²) in [7, 11) is 0. The maximum absolute atomic E-state index is 12.3. The van der Waals surface area contributed by atoms with Gasteiger partial charge in [-0.1, -0.05) is 6.08 Å². The first-order chi connectivity index (χ1) is 11.2. The number of nitrogens with one attached hydrogen (secondary N) is 3. The molecule has 0 unspecified atom stereocenters. The Kier molecular flexibility index (Phi) is 7.83. The molecule has 1 rings (SSSR count). The lowest BCUT2D eigenvalue weighted by atomic mass is 10.0. The zero-order valence-electron chi connectivity index (χ0n) is 13.9. The zero-order chi connectivity index (χ0) is 18.3. The Balaban J connectivity index is 2.86. The molecule has 136 valence electrons. The molecule has 0 aliphatic carbocycles. The Labute approximate surface area is 140 Å². The smallest absolute Gasteiger partial charge is 0.243 e. The van der Waals surface area contributed by atoms with Gasteiger partial charge in [-0.15, -0.1) is 0 Å². The molecular formula is C15H26N4O5. The molecule has 1 heterocycles. The molecule has 1 aliphatic rings. The highest BCUT2D eigenvalue weighted by atomic mass is 16.3. The molecule has 0 saturated carbocycles. The fourth-order valence-electron chi connectivity index (χ4n) is 2.13. The van der Waals surface area contributed by atoms with Crippen molar-refractivity contribution < 1.29 is 24.6 Å². The third kappa shape index (κ3) is 6.65. The minimum absolute atomic E-state index is 0.0313. The van der Waals surface area contributed by atoms with Crippen molar-refractivity contribution in [1.82, 2.24) is 16.0 Å². The summed E-state index contributed by atoms with van der Waals surface area (Å²) in [6, 6.07) is -2.61. The largest absolute Gasteiger partial charge is 0.393 e. The van der Waals surface area contributed by atoms with Gasteiger partial charge in [-0.05, 0) is 20.3 Å². The first kappa shape index (κ1) is 20.1. The summed E-state index contributed by atoms with van der Waals surface area (Å²) in [5, 5.41) is 27.1. The number of aliphatic hydroxyl groups is 2. The van der Waals surface area contributed by atoms with E-state index in [1.807, 2.05) is 0 Å². The molecule has 0 aromatic rings. The molecule has 1 aliphatic heterocycles. The maximum Gasteiger partial charge on any atom is 0.243 e. The second-order valence-electron chi connectivity index (χ2n) is 5.95. The molecule has 5 atom stereocenters. The number of carbonyl (C=O) groups is 3. The molecule has 9 heteroatoms. The Morgan fingerprint density at radius 2 is 2.12 bits per heavy atom. The first-order valence-corrected chi connectivity index (χ1v) is 7.89. The van der Waals surface area contributed by atoms with E-state index in [9.17, 15) is 24.6 Å². The highest BCUT2D eigenvalue weighted by molar-refractivity contribution is 5.90. The van der Waals surface area contributed by atoms with Gasteiger partial charge in [-0.25, -0.2) is 0 Å². The molecule has 0 aromatic carbocycles. The molecule has 3 amide bonds. The van der Waals surface area contributed by atoms with Gasteiger partial charge in [0.05, 0.1) is 12.2 Å². The average Bonchev–Trinajstić information content (AvgIpc) is 2.50. The lowest BCUT2D eigenvalue weighted by molar-refractivity contribution is -0.131. The van der Waals surface area contributed by atoms with E-state index < -0.39 is 42.1 Å². The highest BCUT2D eigenvalue weighted by Crippen LogP contribution is 2.05. The van der Waals surface area contributed by atoms with E-state index in [-0.39, 0.29) is 25.3 Å². The van der Waals surface area contributed by atoms with Gasteiger partial charge in [0.1, 0.15) is 12.1 Å². The molecule has 7 N–H and O–H groups in total. The third-order valence-electron chi connectivity index (χ3n) is 3.65. The maximum atomic E-state index is 12.3. The van der Waals surface area contributed by atoms with Crippen molar-refractivity contribution in [1.29, 1.82) is 0 Å². The number of aliphatic hydroxyl groups excluding tert-OH is 2. The van der Waals surface area contributed by atoms with Crippen LogP contribution in [0.4, 0.5) is 0 Å². The topological polar surface area (TPSA) is 154 Å². The van der Waals surface area contributed by atoms with Crippen LogP contribution in [0.1, 0.15) is 26.7 Å². The molecule has 0 saturated heterocycles. The Hall–Kier alpha value is -1.97. The van der Waals surface area contributed by atoms with Crippen LogP contribution in [0.2, 0.25) is 0 Å². The van der Waals surface area contributed by atoms with Crippen LogP contribution < -0.4 is 21.7 Å². The Morgan fingerprint density at radius 3 is 2.75 bits per heavy atom. The number of amides is 3. The number of rotatable bonds is 3. The van der Waals surface area contributed by atoms with Crippen molar-refractivity contribution in [2.24, 2.45) is 5.73 Å².